The van der Waals surface area contributed by atoms with Gasteiger partial charge in [0.15, 0.2) is 25.0 Å². The fourth-order valence-corrected chi connectivity index (χ4v) is 12.2. The number of aliphatic hydroxyl groups excluding tert-OH is 14. The van der Waals surface area contributed by atoms with E-state index >= 15 is 0 Å². The van der Waals surface area contributed by atoms with Crippen LogP contribution in [0.4, 0.5) is 0 Å². The zero-order valence-corrected chi connectivity index (χ0v) is 37.9. The first-order valence-corrected chi connectivity index (χ1v) is 23.3. The molecule has 0 spiro atoms. The number of hydrogen-bond acceptors (Lipinski definition) is 23. The SMILES string of the molecule is C=C1CC2CCC3[C@](C)(C(=O)OC4OC(CO)C(O)C(O)C4OC4OC(CO)C(O)C(O)C4O)CCC[C@@]3(C)[C@@H]2CCC1(C)OC1OC(CO)C(O)C(OC2OC(CO)C(O)C(O)C2O)C1O. The molecule has 4 aliphatic heterocycles. The van der Waals surface area contributed by atoms with Crippen molar-refractivity contribution in [2.75, 3.05) is 26.4 Å². The predicted molar refractivity (Wildman–Crippen MR) is 221 cm³/mol. The van der Waals surface area contributed by atoms with Crippen LogP contribution in [-0.2, 0) is 42.7 Å². The molecule has 26 atom stereocenters. The number of esters is 1. The quantitative estimate of drug-likeness (QED) is 0.0644. The molecular weight excluding hydrogens is 896 g/mol. The molecule has 14 N–H and O–H groups in total. The maximum Gasteiger partial charge on any atom is 0.314 e. The van der Waals surface area contributed by atoms with Gasteiger partial charge >= 0.3 is 5.97 Å². The Kier molecular flexibility index (Phi) is 16.5. The van der Waals surface area contributed by atoms with Crippen molar-refractivity contribution in [2.24, 2.45) is 28.6 Å². The van der Waals surface area contributed by atoms with Crippen molar-refractivity contribution in [3.8, 4) is 0 Å². The van der Waals surface area contributed by atoms with Crippen LogP contribution in [0, 0.1) is 28.6 Å². The number of aliphatic hydroxyl groups is 14. The molecule has 386 valence electrons. The summed E-state index contributed by atoms with van der Waals surface area (Å²) in [4.78, 5) is 14.7. The highest BCUT2D eigenvalue weighted by Crippen LogP contribution is 2.65. The minimum absolute atomic E-state index is 0.0104. The van der Waals surface area contributed by atoms with Gasteiger partial charge < -0.3 is 109 Å². The van der Waals surface area contributed by atoms with Gasteiger partial charge in [0.25, 0.3) is 0 Å². The molecule has 23 nitrogen and oxygen atoms in total. The zero-order valence-electron chi connectivity index (χ0n) is 37.9. The van der Waals surface area contributed by atoms with Crippen LogP contribution in [0.5, 0.6) is 0 Å². The summed E-state index contributed by atoms with van der Waals surface area (Å²) in [7, 11) is 0. The van der Waals surface area contributed by atoms with Gasteiger partial charge in [0.05, 0.1) is 37.4 Å². The average Bonchev–Trinajstić information content (AvgIpc) is 3.43. The number of carbonyl (C=O) groups excluding carboxylic acids is 1. The average molecular weight is 969 g/mol. The first-order chi connectivity index (χ1) is 31.6. The maximum atomic E-state index is 14.7. The van der Waals surface area contributed by atoms with Crippen LogP contribution < -0.4 is 0 Å². The van der Waals surface area contributed by atoms with Crippen LogP contribution in [0.2, 0.25) is 0 Å². The lowest BCUT2D eigenvalue weighted by atomic mass is 9.45. The Labute approximate surface area is 387 Å². The molecule has 7 aliphatic rings. The third-order valence-electron chi connectivity index (χ3n) is 16.4. The predicted octanol–water partition coefficient (Wildman–Crippen LogP) is -4.87. The van der Waals surface area contributed by atoms with Crippen molar-refractivity contribution in [1.82, 2.24) is 0 Å². The number of carbonyl (C=O) groups is 1. The van der Waals surface area contributed by atoms with Crippen LogP contribution in [0.25, 0.3) is 0 Å². The van der Waals surface area contributed by atoms with Crippen LogP contribution in [-0.4, -0.2) is 232 Å². The summed E-state index contributed by atoms with van der Waals surface area (Å²) in [5.41, 5.74) is -2.05. The van der Waals surface area contributed by atoms with Crippen LogP contribution in [0.3, 0.4) is 0 Å². The van der Waals surface area contributed by atoms with Crippen LogP contribution in [0.1, 0.15) is 72.1 Å². The first-order valence-electron chi connectivity index (χ1n) is 23.3. The molecule has 3 saturated carbocycles. The van der Waals surface area contributed by atoms with E-state index in [-0.39, 0.29) is 17.8 Å². The minimum atomic E-state index is -1.90. The van der Waals surface area contributed by atoms with E-state index in [1.54, 1.807) is 6.92 Å². The molecule has 0 aromatic heterocycles. The second-order valence-electron chi connectivity index (χ2n) is 20.4. The lowest BCUT2D eigenvalue weighted by Gasteiger charge is -2.59. The van der Waals surface area contributed by atoms with Crippen molar-refractivity contribution >= 4 is 5.97 Å². The molecule has 23 unspecified atom stereocenters. The lowest BCUT2D eigenvalue weighted by Crippen LogP contribution is -2.65. The molecule has 0 radical (unpaired) electrons. The summed E-state index contributed by atoms with van der Waals surface area (Å²) in [6, 6.07) is 0. The molecule has 0 aromatic carbocycles. The van der Waals surface area contributed by atoms with E-state index in [1.807, 2.05) is 6.92 Å². The van der Waals surface area contributed by atoms with Gasteiger partial charge in [-0.2, -0.15) is 0 Å². The molecule has 0 bridgehead atoms. The molecule has 4 heterocycles. The fraction of sp³-hybridized carbons (Fsp3) is 0.932. The van der Waals surface area contributed by atoms with Crippen LogP contribution in [0.15, 0.2) is 12.2 Å². The number of rotatable bonds is 12. The normalized spacial score (nSPS) is 53.0. The molecular formula is C44H72O23. The summed E-state index contributed by atoms with van der Waals surface area (Å²) in [5.74, 6) is -0.861. The Balaban J connectivity index is 1.07. The van der Waals surface area contributed by atoms with Gasteiger partial charge in [-0.3, -0.25) is 4.79 Å². The Hall–Kier alpha value is -1.63. The third-order valence-corrected chi connectivity index (χ3v) is 16.4. The highest BCUT2D eigenvalue weighted by Gasteiger charge is 2.62. The maximum absolute atomic E-state index is 14.7. The molecule has 3 aliphatic carbocycles. The molecule has 0 amide bonds. The largest absolute Gasteiger partial charge is 0.432 e. The molecule has 0 aromatic rings. The van der Waals surface area contributed by atoms with E-state index < -0.39 is 172 Å². The fourth-order valence-electron chi connectivity index (χ4n) is 12.2. The van der Waals surface area contributed by atoms with E-state index in [1.165, 1.54) is 0 Å². The first kappa shape index (κ1) is 53.2. The molecule has 67 heavy (non-hydrogen) atoms. The van der Waals surface area contributed by atoms with Gasteiger partial charge in [0, 0.05) is 0 Å². The summed E-state index contributed by atoms with van der Waals surface area (Å²) in [6.45, 7) is 7.16. The second kappa shape index (κ2) is 20.8. The smallest absolute Gasteiger partial charge is 0.314 e. The minimum Gasteiger partial charge on any atom is -0.432 e. The topological polar surface area (TPSA) is 374 Å². The highest BCUT2D eigenvalue weighted by atomic mass is 16.8. The summed E-state index contributed by atoms with van der Waals surface area (Å²) in [6.07, 6.45) is -28.9. The standard InChI is InChI=1S/C44H72O23/c1-17-12-18-6-7-24-42(2,19(18)8-11-44(17,4)67-39-34(58)35(28(52)23(16-48)62-39)64-37-32(56)29(53)25(49)20(13-45)60-37)9-5-10-43(24,3)41(59)66-40-36(31(55)27(51)22(15-47)63-40)65-38-33(57)30(54)26(50)21(14-46)61-38/h18-40,45-58H,1,5-16H2,2-4H3/t18?,19-,20?,21?,22?,23?,24?,25?,26?,27?,28?,29?,30?,31?,32?,33?,34?,35?,36?,37?,38?,39?,40?,42+,43-,44?/m1/s1. The number of fused-ring (bicyclic) bond motifs is 3. The number of ether oxygens (including phenoxy) is 8. The van der Waals surface area contributed by atoms with E-state index in [4.69, 9.17) is 37.9 Å². The highest BCUT2D eigenvalue weighted by molar-refractivity contribution is 5.77. The Morgan fingerprint density at radius 3 is 1.61 bits per heavy atom. The van der Waals surface area contributed by atoms with Gasteiger partial charge in [0.2, 0.25) is 6.29 Å². The van der Waals surface area contributed by atoms with Gasteiger partial charge in [-0.1, -0.05) is 19.9 Å². The van der Waals surface area contributed by atoms with Crippen molar-refractivity contribution in [3.63, 3.8) is 0 Å². The summed E-state index contributed by atoms with van der Waals surface area (Å²) >= 11 is 0. The van der Waals surface area contributed by atoms with E-state index in [0.717, 1.165) is 6.42 Å². The molecule has 23 heteroatoms. The molecule has 7 fully saturated rings. The van der Waals surface area contributed by atoms with E-state index in [2.05, 4.69) is 13.5 Å². The van der Waals surface area contributed by atoms with Crippen molar-refractivity contribution in [3.05, 3.63) is 12.2 Å². The van der Waals surface area contributed by atoms with Gasteiger partial charge in [-0.25, -0.2) is 0 Å². The van der Waals surface area contributed by atoms with Gasteiger partial charge in [0.1, 0.15) is 91.6 Å². The third kappa shape index (κ3) is 9.74. The lowest BCUT2D eigenvalue weighted by molar-refractivity contribution is -0.367. The zero-order chi connectivity index (χ0) is 49.1. The van der Waals surface area contributed by atoms with Gasteiger partial charge in [-0.15, -0.1) is 0 Å². The monoisotopic (exact) mass is 968 g/mol. The summed E-state index contributed by atoms with van der Waals surface area (Å²) < 4.78 is 46.9. The van der Waals surface area contributed by atoms with Crippen molar-refractivity contribution in [2.45, 2.75) is 201 Å². The Morgan fingerprint density at radius 2 is 1.06 bits per heavy atom. The Morgan fingerprint density at radius 1 is 0.567 bits per heavy atom. The molecule has 7 rings (SSSR count). The Bertz CT molecular complexity index is 1690. The van der Waals surface area contributed by atoms with E-state index in [9.17, 15) is 76.3 Å². The summed E-state index contributed by atoms with van der Waals surface area (Å²) in [5, 5.41) is 147. The van der Waals surface area contributed by atoms with Crippen LogP contribution >= 0.6 is 0 Å². The van der Waals surface area contributed by atoms with E-state index in [0.29, 0.717) is 50.5 Å². The molecule has 4 saturated heterocycles. The van der Waals surface area contributed by atoms with Crippen molar-refractivity contribution < 1.29 is 114 Å². The van der Waals surface area contributed by atoms with Gasteiger partial charge in [-0.05, 0) is 87.5 Å². The van der Waals surface area contributed by atoms with Crippen molar-refractivity contribution in [1.29, 1.82) is 0 Å². The number of hydrogen-bond donors (Lipinski definition) is 14. The second-order valence-corrected chi connectivity index (χ2v) is 20.4.